The van der Waals surface area contributed by atoms with E-state index in [4.69, 9.17) is 0 Å². The first kappa shape index (κ1) is 8.52. The molecule has 1 aliphatic rings. The number of hydrogen-bond acceptors (Lipinski definition) is 2. The van der Waals surface area contributed by atoms with Gasteiger partial charge in [0.05, 0.1) is 5.69 Å². The van der Waals surface area contributed by atoms with Gasteiger partial charge in [0.15, 0.2) is 0 Å². The summed E-state index contributed by atoms with van der Waals surface area (Å²) in [5.74, 6) is 0. The number of rotatable bonds is 0. The molecule has 1 heterocycles. The number of nitrogens with one attached hydrogen (secondary N) is 2. The topological polar surface area (TPSA) is 58.2 Å². The molecule has 5 heteroatoms. The molecule has 70 valence electrons. The fourth-order valence-electron chi connectivity index (χ4n) is 1.32. The Hall–Kier alpha value is -1.07. The minimum Gasteiger partial charge on any atom is -0.271 e. The van der Waals surface area contributed by atoms with Gasteiger partial charge in [-0.25, -0.2) is 0 Å². The van der Waals surface area contributed by atoms with Crippen molar-refractivity contribution in [2.24, 2.45) is 0 Å². The van der Waals surface area contributed by atoms with Crippen molar-refractivity contribution in [1.82, 2.24) is 4.72 Å². The van der Waals surface area contributed by atoms with E-state index in [0.717, 1.165) is 11.1 Å². The van der Waals surface area contributed by atoms with Crippen LogP contribution in [0.1, 0.15) is 11.1 Å². The molecule has 0 atom stereocenters. The second-order valence-electron chi connectivity index (χ2n) is 3.09. The predicted octanol–water partition coefficient (Wildman–Crippen LogP) is 0.755. The fraction of sp³-hybridized carbons (Fsp3) is 0.250. The van der Waals surface area contributed by atoms with Crippen molar-refractivity contribution in [2.75, 3.05) is 4.72 Å². The monoisotopic (exact) mass is 198 g/mol. The summed E-state index contributed by atoms with van der Waals surface area (Å²) in [7, 11) is -3.31. The molecule has 4 nitrogen and oxygen atoms in total. The maximum atomic E-state index is 11.1. The Labute approximate surface area is 77.2 Å². The number of anilines is 1. The van der Waals surface area contributed by atoms with E-state index in [1.165, 1.54) is 0 Å². The lowest BCUT2D eigenvalue weighted by Gasteiger charge is -2.19. The molecule has 0 saturated heterocycles. The minimum absolute atomic E-state index is 0.367. The molecule has 0 fully saturated rings. The minimum atomic E-state index is -3.31. The summed E-state index contributed by atoms with van der Waals surface area (Å²) in [6.45, 7) is 2.34. The molecule has 0 amide bonds. The van der Waals surface area contributed by atoms with Crippen LogP contribution >= 0.6 is 0 Å². The zero-order valence-electron chi connectivity index (χ0n) is 7.16. The molecule has 0 saturated carbocycles. The van der Waals surface area contributed by atoms with E-state index >= 15 is 0 Å². The number of benzene rings is 1. The third-order valence-corrected chi connectivity index (χ3v) is 2.97. The molecule has 13 heavy (non-hydrogen) atoms. The van der Waals surface area contributed by atoms with Crippen molar-refractivity contribution < 1.29 is 8.42 Å². The Balaban J connectivity index is 2.48. The molecule has 0 radical (unpaired) electrons. The molecule has 0 aliphatic carbocycles. The van der Waals surface area contributed by atoms with Gasteiger partial charge in [-0.15, -0.1) is 0 Å². The third kappa shape index (κ3) is 1.66. The van der Waals surface area contributed by atoms with Gasteiger partial charge in [-0.3, -0.25) is 4.72 Å². The van der Waals surface area contributed by atoms with Gasteiger partial charge in [-0.1, -0.05) is 17.7 Å². The van der Waals surface area contributed by atoms with Crippen molar-refractivity contribution in [1.29, 1.82) is 0 Å². The van der Waals surface area contributed by atoms with Crippen LogP contribution in [0.3, 0.4) is 0 Å². The molecule has 0 spiro atoms. The lowest BCUT2D eigenvalue weighted by atomic mass is 10.1. The molecule has 0 aromatic heterocycles. The third-order valence-electron chi connectivity index (χ3n) is 1.96. The first-order chi connectivity index (χ1) is 6.07. The summed E-state index contributed by atoms with van der Waals surface area (Å²) in [5, 5.41) is 0. The van der Waals surface area contributed by atoms with Crippen molar-refractivity contribution in [2.45, 2.75) is 13.5 Å². The summed E-state index contributed by atoms with van der Waals surface area (Å²) < 4.78 is 27.0. The van der Waals surface area contributed by atoms with E-state index < -0.39 is 10.2 Å². The summed E-state index contributed by atoms with van der Waals surface area (Å²) in [4.78, 5) is 0. The second-order valence-corrected chi connectivity index (χ2v) is 4.59. The van der Waals surface area contributed by atoms with E-state index in [1.54, 1.807) is 6.07 Å². The Bertz CT molecular complexity index is 439. The van der Waals surface area contributed by atoms with Crippen LogP contribution in [0, 0.1) is 6.92 Å². The van der Waals surface area contributed by atoms with Crippen LogP contribution in [0.2, 0.25) is 0 Å². The smallest absolute Gasteiger partial charge is 0.271 e. The van der Waals surface area contributed by atoms with Gasteiger partial charge < -0.3 is 0 Å². The van der Waals surface area contributed by atoms with Gasteiger partial charge in [-0.05, 0) is 18.6 Å². The first-order valence-electron chi connectivity index (χ1n) is 3.94. The lowest BCUT2D eigenvalue weighted by molar-refractivity contribution is 0.584. The highest BCUT2D eigenvalue weighted by Gasteiger charge is 2.18. The molecule has 0 unspecified atom stereocenters. The summed E-state index contributed by atoms with van der Waals surface area (Å²) in [6.07, 6.45) is 0. The maximum Gasteiger partial charge on any atom is 0.299 e. The zero-order chi connectivity index (χ0) is 9.47. The maximum absolute atomic E-state index is 11.1. The van der Waals surface area contributed by atoms with Crippen molar-refractivity contribution >= 4 is 15.9 Å². The van der Waals surface area contributed by atoms with Crippen molar-refractivity contribution in [3.8, 4) is 0 Å². The van der Waals surface area contributed by atoms with Crippen LogP contribution in [0.4, 0.5) is 5.69 Å². The van der Waals surface area contributed by atoms with Crippen LogP contribution in [-0.4, -0.2) is 8.42 Å². The molecule has 1 aliphatic heterocycles. The fourth-order valence-corrected chi connectivity index (χ4v) is 2.23. The van der Waals surface area contributed by atoms with Crippen LogP contribution in [0.5, 0.6) is 0 Å². The van der Waals surface area contributed by atoms with E-state index in [9.17, 15) is 8.42 Å². The van der Waals surface area contributed by atoms with Gasteiger partial charge >= 0.3 is 0 Å². The van der Waals surface area contributed by atoms with E-state index in [2.05, 4.69) is 9.44 Å². The number of fused-ring (bicyclic) bond motifs is 1. The van der Waals surface area contributed by atoms with E-state index in [1.807, 2.05) is 19.1 Å². The van der Waals surface area contributed by atoms with Crippen molar-refractivity contribution in [3.63, 3.8) is 0 Å². The summed E-state index contributed by atoms with van der Waals surface area (Å²) in [5.41, 5.74) is 2.78. The Morgan fingerprint density at radius 2 is 2.15 bits per heavy atom. The zero-order valence-corrected chi connectivity index (χ0v) is 7.98. The molecule has 1 aromatic carbocycles. The van der Waals surface area contributed by atoms with E-state index in [0.29, 0.717) is 12.2 Å². The number of hydrogen-bond donors (Lipinski definition) is 2. The Morgan fingerprint density at radius 3 is 2.92 bits per heavy atom. The first-order valence-corrected chi connectivity index (χ1v) is 5.42. The molecular formula is C8H10N2O2S. The van der Waals surface area contributed by atoms with Crippen LogP contribution in [-0.2, 0) is 16.8 Å². The molecule has 1 aromatic rings. The average Bonchev–Trinajstić information content (AvgIpc) is 2.05. The van der Waals surface area contributed by atoms with E-state index in [-0.39, 0.29) is 0 Å². The molecule has 0 bridgehead atoms. The van der Waals surface area contributed by atoms with Gasteiger partial charge in [-0.2, -0.15) is 13.1 Å². The van der Waals surface area contributed by atoms with Crippen LogP contribution < -0.4 is 9.44 Å². The SMILES string of the molecule is Cc1ccc2c(c1)CNS(=O)(=O)N2. The highest BCUT2D eigenvalue weighted by atomic mass is 32.2. The normalized spacial score (nSPS) is 18.8. The lowest BCUT2D eigenvalue weighted by Crippen LogP contribution is -2.34. The highest BCUT2D eigenvalue weighted by Crippen LogP contribution is 2.21. The van der Waals surface area contributed by atoms with Crippen LogP contribution in [0.25, 0.3) is 0 Å². The van der Waals surface area contributed by atoms with Crippen LogP contribution in [0.15, 0.2) is 18.2 Å². The Morgan fingerprint density at radius 1 is 1.38 bits per heavy atom. The van der Waals surface area contributed by atoms with Gasteiger partial charge in [0.2, 0.25) is 0 Å². The average molecular weight is 198 g/mol. The summed E-state index contributed by atoms with van der Waals surface area (Å²) >= 11 is 0. The Kier molecular flexibility index (Phi) is 1.78. The molecule has 2 N–H and O–H groups in total. The molecule has 2 rings (SSSR count). The van der Waals surface area contributed by atoms with Crippen molar-refractivity contribution in [3.05, 3.63) is 29.3 Å². The quantitative estimate of drug-likeness (QED) is 0.646. The summed E-state index contributed by atoms with van der Waals surface area (Å²) in [6, 6.07) is 5.62. The van der Waals surface area contributed by atoms with Gasteiger partial charge in [0.25, 0.3) is 10.2 Å². The number of aryl methyl sites for hydroxylation is 1. The van der Waals surface area contributed by atoms with Gasteiger partial charge in [0.1, 0.15) is 0 Å². The predicted molar refractivity (Wildman–Crippen MR) is 50.6 cm³/mol. The largest absolute Gasteiger partial charge is 0.299 e. The standard InChI is InChI=1S/C8H10N2O2S/c1-6-2-3-8-7(4-6)5-9-13(11,12)10-8/h2-4,9-10H,5H2,1H3. The van der Waals surface area contributed by atoms with Gasteiger partial charge in [0, 0.05) is 6.54 Å². The second kappa shape index (κ2) is 2.71. The molecular weight excluding hydrogens is 188 g/mol. The highest BCUT2D eigenvalue weighted by molar-refractivity contribution is 7.90.